The van der Waals surface area contributed by atoms with Crippen molar-refractivity contribution in [3.05, 3.63) is 47.0 Å². The number of halogens is 1. The molecule has 4 heteroatoms. The monoisotopic (exact) mass is 316 g/mol. The predicted octanol–water partition coefficient (Wildman–Crippen LogP) is 4.17. The van der Waals surface area contributed by atoms with E-state index in [4.69, 9.17) is 11.6 Å². The summed E-state index contributed by atoms with van der Waals surface area (Å²) < 4.78 is 0. The van der Waals surface area contributed by atoms with Crippen molar-refractivity contribution < 1.29 is 4.79 Å². The summed E-state index contributed by atoms with van der Waals surface area (Å²) in [6, 6.07) is 7.41. The second kappa shape index (κ2) is 5.24. The molecule has 2 fully saturated rings. The molecule has 116 valence electrons. The number of amides is 1. The van der Waals surface area contributed by atoms with E-state index in [0.29, 0.717) is 10.9 Å². The number of carbonyl (C=O) groups excluding carboxylic acids is 1. The first-order valence-electron chi connectivity index (χ1n) is 7.66. The number of rotatable bonds is 3. The molecule has 0 spiro atoms. The van der Waals surface area contributed by atoms with Crippen molar-refractivity contribution in [1.82, 2.24) is 5.43 Å². The van der Waals surface area contributed by atoms with E-state index >= 15 is 0 Å². The standard InChI is InChI=1S/C18H21ClN2O/c1-12-17(2,3)14-8-9-18(12,10-14)16(22)21-20-11-13-6-4-5-7-15(13)19/h4-7,11,14H,1,8-10H2,2-3H3,(H,21,22)/b20-11+. The van der Waals surface area contributed by atoms with Gasteiger partial charge >= 0.3 is 0 Å². The van der Waals surface area contributed by atoms with E-state index < -0.39 is 5.41 Å². The molecule has 0 saturated heterocycles. The molecule has 2 bridgehead atoms. The number of nitrogens with zero attached hydrogens (tertiary/aromatic N) is 1. The molecule has 2 aliphatic rings. The van der Waals surface area contributed by atoms with E-state index in [9.17, 15) is 4.79 Å². The molecule has 0 aromatic heterocycles. The van der Waals surface area contributed by atoms with Crippen LogP contribution in [0.2, 0.25) is 5.02 Å². The summed E-state index contributed by atoms with van der Waals surface area (Å²) in [4.78, 5) is 12.7. The van der Waals surface area contributed by atoms with Crippen LogP contribution in [0.1, 0.15) is 38.7 Å². The number of nitrogens with one attached hydrogen (secondary N) is 1. The topological polar surface area (TPSA) is 41.5 Å². The molecule has 2 saturated carbocycles. The predicted molar refractivity (Wildman–Crippen MR) is 89.9 cm³/mol. The summed E-state index contributed by atoms with van der Waals surface area (Å²) in [7, 11) is 0. The van der Waals surface area contributed by atoms with Crippen LogP contribution in [-0.2, 0) is 4.79 Å². The fourth-order valence-corrected chi connectivity index (χ4v) is 4.17. The van der Waals surface area contributed by atoms with E-state index in [2.05, 4.69) is 31.0 Å². The molecule has 3 nitrogen and oxygen atoms in total. The number of carbonyl (C=O) groups is 1. The summed E-state index contributed by atoms with van der Waals surface area (Å²) in [5.41, 5.74) is 4.15. The van der Waals surface area contributed by atoms with Crippen molar-refractivity contribution in [1.29, 1.82) is 0 Å². The molecule has 1 amide bonds. The van der Waals surface area contributed by atoms with Crippen LogP contribution in [0.3, 0.4) is 0 Å². The lowest BCUT2D eigenvalue weighted by atomic mass is 9.68. The van der Waals surface area contributed by atoms with Crippen LogP contribution in [0.25, 0.3) is 0 Å². The van der Waals surface area contributed by atoms with Crippen LogP contribution < -0.4 is 5.43 Å². The fourth-order valence-electron chi connectivity index (χ4n) is 3.99. The first kappa shape index (κ1) is 15.3. The molecular weight excluding hydrogens is 296 g/mol. The van der Waals surface area contributed by atoms with Gasteiger partial charge in [-0.05, 0) is 36.7 Å². The Bertz CT molecular complexity index is 665. The summed E-state index contributed by atoms with van der Waals surface area (Å²) in [6.45, 7) is 8.62. The largest absolute Gasteiger partial charge is 0.272 e. The Kier molecular flexibility index (Phi) is 3.64. The first-order chi connectivity index (χ1) is 10.4. The van der Waals surface area contributed by atoms with Crippen LogP contribution in [-0.4, -0.2) is 12.1 Å². The molecule has 1 N–H and O–H groups in total. The molecule has 22 heavy (non-hydrogen) atoms. The lowest BCUT2D eigenvalue weighted by molar-refractivity contribution is -0.128. The van der Waals surface area contributed by atoms with E-state index in [0.717, 1.165) is 30.4 Å². The Hall–Kier alpha value is -1.61. The lowest BCUT2D eigenvalue weighted by Crippen LogP contribution is -2.39. The van der Waals surface area contributed by atoms with Gasteiger partial charge in [0.2, 0.25) is 5.91 Å². The fraction of sp³-hybridized carbons (Fsp3) is 0.444. The van der Waals surface area contributed by atoms with Gasteiger partial charge < -0.3 is 0 Å². The Morgan fingerprint density at radius 3 is 2.82 bits per heavy atom. The third-order valence-corrected chi connectivity index (χ3v) is 5.94. The minimum atomic E-state index is -0.439. The van der Waals surface area contributed by atoms with Gasteiger partial charge in [-0.25, -0.2) is 5.43 Å². The minimum absolute atomic E-state index is 0.0334. The average molecular weight is 317 g/mol. The zero-order valence-corrected chi connectivity index (χ0v) is 13.8. The molecule has 0 heterocycles. The first-order valence-corrected chi connectivity index (χ1v) is 8.03. The van der Waals surface area contributed by atoms with Crippen molar-refractivity contribution in [3.8, 4) is 0 Å². The van der Waals surface area contributed by atoms with Gasteiger partial charge in [0.25, 0.3) is 0 Å². The van der Waals surface area contributed by atoms with Crippen LogP contribution in [0.4, 0.5) is 0 Å². The number of benzene rings is 1. The molecule has 0 aliphatic heterocycles. The smallest absolute Gasteiger partial charge is 0.250 e. The second-order valence-corrected chi connectivity index (χ2v) is 7.35. The zero-order chi connectivity index (χ0) is 16.0. The second-order valence-electron chi connectivity index (χ2n) is 6.94. The van der Waals surface area contributed by atoms with Crippen LogP contribution in [0, 0.1) is 16.7 Å². The Morgan fingerprint density at radius 1 is 1.45 bits per heavy atom. The Labute approximate surface area is 136 Å². The van der Waals surface area contributed by atoms with Gasteiger partial charge in [-0.15, -0.1) is 0 Å². The van der Waals surface area contributed by atoms with Crippen molar-refractivity contribution in [2.75, 3.05) is 0 Å². The molecule has 1 aromatic carbocycles. The maximum atomic E-state index is 12.7. The Balaban J connectivity index is 1.73. The highest BCUT2D eigenvalue weighted by Gasteiger charge is 2.60. The average Bonchev–Trinajstić information content (AvgIpc) is 3.01. The van der Waals surface area contributed by atoms with Gasteiger partial charge in [0.05, 0.1) is 11.6 Å². The van der Waals surface area contributed by atoms with Crippen molar-refractivity contribution in [3.63, 3.8) is 0 Å². The Morgan fingerprint density at radius 2 is 2.18 bits per heavy atom. The number of fused-ring (bicyclic) bond motifs is 2. The maximum Gasteiger partial charge on any atom is 0.250 e. The highest BCUT2D eigenvalue weighted by molar-refractivity contribution is 6.33. The van der Waals surface area contributed by atoms with Crippen molar-refractivity contribution >= 4 is 23.7 Å². The normalized spacial score (nSPS) is 29.2. The summed E-state index contributed by atoms with van der Waals surface area (Å²) in [6.07, 6.45) is 4.46. The van der Waals surface area contributed by atoms with E-state index in [-0.39, 0.29) is 11.3 Å². The van der Waals surface area contributed by atoms with E-state index in [1.165, 1.54) is 0 Å². The molecule has 1 aromatic rings. The maximum absolute atomic E-state index is 12.7. The van der Waals surface area contributed by atoms with Gasteiger partial charge in [0, 0.05) is 10.6 Å². The third kappa shape index (κ3) is 2.19. The van der Waals surface area contributed by atoms with Gasteiger partial charge in [0.1, 0.15) is 0 Å². The third-order valence-electron chi connectivity index (χ3n) is 5.60. The quantitative estimate of drug-likeness (QED) is 0.507. The minimum Gasteiger partial charge on any atom is -0.272 e. The van der Waals surface area contributed by atoms with Crippen LogP contribution in [0.15, 0.2) is 41.5 Å². The van der Waals surface area contributed by atoms with Gasteiger partial charge in [-0.3, -0.25) is 4.79 Å². The summed E-state index contributed by atoms with van der Waals surface area (Å²) in [5.74, 6) is 0.521. The van der Waals surface area contributed by atoms with E-state index in [1.807, 2.05) is 18.2 Å². The number of hydrogen-bond donors (Lipinski definition) is 1. The van der Waals surface area contributed by atoms with E-state index in [1.54, 1.807) is 12.3 Å². The summed E-state index contributed by atoms with van der Waals surface area (Å²) in [5, 5.41) is 4.71. The lowest BCUT2D eigenvalue weighted by Gasteiger charge is -2.36. The highest BCUT2D eigenvalue weighted by atomic mass is 35.5. The summed E-state index contributed by atoms with van der Waals surface area (Å²) >= 11 is 6.07. The van der Waals surface area contributed by atoms with Crippen LogP contribution >= 0.6 is 11.6 Å². The molecule has 3 rings (SSSR count). The van der Waals surface area contributed by atoms with Crippen molar-refractivity contribution in [2.24, 2.45) is 21.8 Å². The zero-order valence-electron chi connectivity index (χ0n) is 13.0. The SMILES string of the molecule is C=C1C2(C(=O)N/N=C/c3ccccc3Cl)CCC(C2)C1(C)C. The molecule has 2 aliphatic carbocycles. The molecule has 0 radical (unpaired) electrons. The van der Waals surface area contributed by atoms with Gasteiger partial charge in [-0.1, -0.05) is 55.8 Å². The molecule has 2 unspecified atom stereocenters. The number of hydrogen-bond acceptors (Lipinski definition) is 2. The molecule has 2 atom stereocenters. The van der Waals surface area contributed by atoms with Gasteiger partial charge in [0.15, 0.2) is 0 Å². The highest BCUT2D eigenvalue weighted by Crippen LogP contribution is 2.65. The van der Waals surface area contributed by atoms with Crippen molar-refractivity contribution in [2.45, 2.75) is 33.1 Å². The molecular formula is C18H21ClN2O. The van der Waals surface area contributed by atoms with Crippen LogP contribution in [0.5, 0.6) is 0 Å². The van der Waals surface area contributed by atoms with Gasteiger partial charge in [-0.2, -0.15) is 5.10 Å². The number of hydrazone groups is 1.